The Hall–Kier alpha value is -1.06. The molecule has 2 N–H and O–H groups in total. The molecule has 0 aliphatic heterocycles. The van der Waals surface area contributed by atoms with Crippen LogP contribution in [0.3, 0.4) is 0 Å². The van der Waals surface area contributed by atoms with Gasteiger partial charge in [0, 0.05) is 18.7 Å². The Bertz CT molecular complexity index is 363. The summed E-state index contributed by atoms with van der Waals surface area (Å²) in [6, 6.07) is 8.18. The smallest absolute Gasteiger partial charge is 0.123 e. The van der Waals surface area contributed by atoms with Crippen LogP contribution in [0.1, 0.15) is 25.8 Å². The van der Waals surface area contributed by atoms with Crippen LogP contribution in [0.15, 0.2) is 24.3 Å². The number of nitrogens with zero attached hydrogens (tertiary/aromatic N) is 1. The minimum absolute atomic E-state index is 0.255. The van der Waals surface area contributed by atoms with Crippen molar-refractivity contribution >= 4 is 0 Å². The third-order valence-electron chi connectivity index (χ3n) is 3.15. The fraction of sp³-hybridized carbons (Fsp3) is 0.600. The fourth-order valence-electron chi connectivity index (χ4n) is 2.38. The van der Waals surface area contributed by atoms with Crippen LogP contribution in [0.5, 0.6) is 5.75 Å². The van der Waals surface area contributed by atoms with Crippen molar-refractivity contribution in [1.82, 2.24) is 4.90 Å². The summed E-state index contributed by atoms with van der Waals surface area (Å²) < 4.78 is 5.38. The summed E-state index contributed by atoms with van der Waals surface area (Å²) in [5.74, 6) is 0.959. The van der Waals surface area contributed by atoms with Crippen molar-refractivity contribution in [3.8, 4) is 5.75 Å². The molecule has 0 fully saturated rings. The number of rotatable bonds is 7. The van der Waals surface area contributed by atoms with Gasteiger partial charge in [-0.1, -0.05) is 32.0 Å². The summed E-state index contributed by atoms with van der Waals surface area (Å²) in [4.78, 5) is 2.33. The minimum Gasteiger partial charge on any atom is -0.496 e. The summed E-state index contributed by atoms with van der Waals surface area (Å²) in [5, 5.41) is 0. The SMILES string of the molecule is COc1ccccc1CN(C)CC(C)(C)CCN. The molecular formula is C15H26N2O. The van der Waals surface area contributed by atoms with E-state index in [9.17, 15) is 0 Å². The lowest BCUT2D eigenvalue weighted by Crippen LogP contribution is -2.32. The van der Waals surface area contributed by atoms with Crippen molar-refractivity contribution in [3.63, 3.8) is 0 Å². The molecule has 0 bridgehead atoms. The Morgan fingerprint density at radius 2 is 1.94 bits per heavy atom. The highest BCUT2D eigenvalue weighted by Gasteiger charge is 2.19. The van der Waals surface area contributed by atoms with Gasteiger partial charge in [-0.05, 0) is 31.5 Å². The lowest BCUT2D eigenvalue weighted by atomic mass is 9.89. The van der Waals surface area contributed by atoms with Crippen LogP contribution in [0.4, 0.5) is 0 Å². The summed E-state index contributed by atoms with van der Waals surface area (Å²) in [6.45, 7) is 7.20. The van der Waals surface area contributed by atoms with Gasteiger partial charge in [-0.2, -0.15) is 0 Å². The highest BCUT2D eigenvalue weighted by Crippen LogP contribution is 2.23. The zero-order chi connectivity index (χ0) is 13.6. The number of ether oxygens (including phenoxy) is 1. The van der Waals surface area contributed by atoms with Gasteiger partial charge >= 0.3 is 0 Å². The Morgan fingerprint density at radius 3 is 2.56 bits per heavy atom. The molecule has 0 spiro atoms. The maximum atomic E-state index is 5.65. The molecule has 3 nitrogen and oxygen atoms in total. The quantitative estimate of drug-likeness (QED) is 0.808. The van der Waals surface area contributed by atoms with Gasteiger partial charge in [-0.25, -0.2) is 0 Å². The molecule has 0 aliphatic rings. The van der Waals surface area contributed by atoms with Gasteiger partial charge in [-0.3, -0.25) is 0 Å². The van der Waals surface area contributed by atoms with Crippen LogP contribution >= 0.6 is 0 Å². The first-order chi connectivity index (χ1) is 8.48. The zero-order valence-electron chi connectivity index (χ0n) is 12.1. The number of hydrogen-bond acceptors (Lipinski definition) is 3. The van der Waals surface area contributed by atoms with Crippen LogP contribution in [0, 0.1) is 5.41 Å². The third kappa shape index (κ3) is 4.67. The second kappa shape index (κ2) is 6.76. The number of hydrogen-bond donors (Lipinski definition) is 1. The normalized spacial score (nSPS) is 11.9. The van der Waals surface area contributed by atoms with E-state index in [4.69, 9.17) is 10.5 Å². The number of benzene rings is 1. The first-order valence-corrected chi connectivity index (χ1v) is 6.49. The van der Waals surface area contributed by atoms with E-state index in [0.29, 0.717) is 0 Å². The van der Waals surface area contributed by atoms with Crippen LogP contribution < -0.4 is 10.5 Å². The molecule has 0 atom stereocenters. The average Bonchev–Trinajstić information content (AvgIpc) is 2.28. The van der Waals surface area contributed by atoms with Crippen LogP contribution in [-0.4, -0.2) is 32.1 Å². The van der Waals surface area contributed by atoms with Crippen LogP contribution in [0.25, 0.3) is 0 Å². The monoisotopic (exact) mass is 250 g/mol. The predicted octanol–water partition coefficient (Wildman–Crippen LogP) is 2.50. The second-order valence-electron chi connectivity index (χ2n) is 5.69. The lowest BCUT2D eigenvalue weighted by Gasteiger charge is -2.30. The van der Waals surface area contributed by atoms with Gasteiger partial charge in [0.25, 0.3) is 0 Å². The molecule has 0 saturated carbocycles. The maximum absolute atomic E-state index is 5.65. The highest BCUT2D eigenvalue weighted by atomic mass is 16.5. The predicted molar refractivity (Wildman–Crippen MR) is 76.8 cm³/mol. The van der Waals surface area contributed by atoms with E-state index < -0.39 is 0 Å². The van der Waals surface area contributed by atoms with Gasteiger partial charge in [-0.15, -0.1) is 0 Å². The first-order valence-electron chi connectivity index (χ1n) is 6.49. The van der Waals surface area contributed by atoms with E-state index in [1.807, 2.05) is 12.1 Å². The largest absolute Gasteiger partial charge is 0.496 e. The van der Waals surface area contributed by atoms with Gasteiger partial charge < -0.3 is 15.4 Å². The van der Waals surface area contributed by atoms with Crippen molar-refractivity contribution in [2.45, 2.75) is 26.8 Å². The molecule has 0 aliphatic carbocycles. The summed E-state index contributed by atoms with van der Waals surface area (Å²) in [5.41, 5.74) is 7.13. The Balaban J connectivity index is 2.61. The van der Waals surface area contributed by atoms with Crippen molar-refractivity contribution in [2.24, 2.45) is 11.1 Å². The molecule has 3 heteroatoms. The molecule has 0 radical (unpaired) electrons. The summed E-state index contributed by atoms with van der Waals surface area (Å²) >= 11 is 0. The number of para-hydroxylation sites is 1. The van der Waals surface area contributed by atoms with Gasteiger partial charge in [0.1, 0.15) is 5.75 Å². The molecule has 1 aromatic carbocycles. The van der Waals surface area contributed by atoms with Crippen molar-refractivity contribution in [1.29, 1.82) is 0 Å². The Morgan fingerprint density at radius 1 is 1.28 bits per heavy atom. The second-order valence-corrected chi connectivity index (χ2v) is 5.69. The van der Waals surface area contributed by atoms with E-state index >= 15 is 0 Å². The van der Waals surface area contributed by atoms with E-state index in [0.717, 1.165) is 31.8 Å². The minimum atomic E-state index is 0.255. The molecule has 102 valence electrons. The number of nitrogens with two attached hydrogens (primary N) is 1. The van der Waals surface area contributed by atoms with Gasteiger partial charge in [0.2, 0.25) is 0 Å². The molecule has 0 saturated heterocycles. The Labute approximate surface area is 111 Å². The molecule has 18 heavy (non-hydrogen) atoms. The van der Waals surface area contributed by atoms with E-state index in [2.05, 4.69) is 37.9 Å². The summed E-state index contributed by atoms with van der Waals surface area (Å²) in [6.07, 6.45) is 1.04. The van der Waals surface area contributed by atoms with Crippen molar-refractivity contribution in [2.75, 3.05) is 27.2 Å². The van der Waals surface area contributed by atoms with E-state index in [-0.39, 0.29) is 5.41 Å². The van der Waals surface area contributed by atoms with Crippen molar-refractivity contribution in [3.05, 3.63) is 29.8 Å². The fourth-order valence-corrected chi connectivity index (χ4v) is 2.38. The van der Waals surface area contributed by atoms with Crippen molar-refractivity contribution < 1.29 is 4.74 Å². The third-order valence-corrected chi connectivity index (χ3v) is 3.15. The molecule has 0 heterocycles. The lowest BCUT2D eigenvalue weighted by molar-refractivity contribution is 0.193. The molecule has 0 amide bonds. The van der Waals surface area contributed by atoms with E-state index in [1.54, 1.807) is 7.11 Å². The average molecular weight is 250 g/mol. The molecular weight excluding hydrogens is 224 g/mol. The number of methoxy groups -OCH3 is 1. The van der Waals surface area contributed by atoms with Crippen LogP contribution in [0.2, 0.25) is 0 Å². The Kier molecular flexibility index (Phi) is 5.63. The first kappa shape index (κ1) is 15.0. The van der Waals surface area contributed by atoms with E-state index in [1.165, 1.54) is 5.56 Å². The summed E-state index contributed by atoms with van der Waals surface area (Å²) in [7, 11) is 3.86. The molecule has 0 unspecified atom stereocenters. The van der Waals surface area contributed by atoms with Crippen LogP contribution in [-0.2, 0) is 6.54 Å². The van der Waals surface area contributed by atoms with Gasteiger partial charge in [0.15, 0.2) is 0 Å². The van der Waals surface area contributed by atoms with Gasteiger partial charge in [0.05, 0.1) is 7.11 Å². The zero-order valence-corrected chi connectivity index (χ0v) is 12.1. The molecule has 1 aromatic rings. The molecule has 0 aromatic heterocycles. The topological polar surface area (TPSA) is 38.5 Å². The molecule has 1 rings (SSSR count). The highest BCUT2D eigenvalue weighted by molar-refractivity contribution is 5.33. The standard InChI is InChI=1S/C15H26N2O/c1-15(2,9-10-16)12-17(3)11-13-7-5-6-8-14(13)18-4/h5-8H,9-12,16H2,1-4H3. The maximum Gasteiger partial charge on any atom is 0.123 e.